The van der Waals surface area contributed by atoms with Crippen LogP contribution in [0.1, 0.15) is 56.3 Å². The quantitative estimate of drug-likeness (QED) is 0.532. The van der Waals surface area contributed by atoms with Crippen molar-refractivity contribution in [3.63, 3.8) is 0 Å². The molecule has 2 atom stereocenters. The van der Waals surface area contributed by atoms with Gasteiger partial charge in [-0.3, -0.25) is 14.4 Å². The maximum Gasteiger partial charge on any atom is 0.254 e. The number of Topliss-reactive ketones (excluding diaryl/α,β-unsaturated/α-hetero) is 1. The van der Waals surface area contributed by atoms with Crippen molar-refractivity contribution in [2.45, 2.75) is 25.3 Å². The van der Waals surface area contributed by atoms with Crippen LogP contribution in [-0.4, -0.2) is 60.1 Å². The highest BCUT2D eigenvalue weighted by atomic mass is 16.2. The van der Waals surface area contributed by atoms with Gasteiger partial charge in [-0.05, 0) is 60.4 Å². The van der Waals surface area contributed by atoms with Crippen LogP contribution in [0, 0.1) is 0 Å². The Labute approximate surface area is 211 Å². The molecule has 0 aromatic heterocycles. The molecule has 0 aliphatic carbocycles. The molecule has 36 heavy (non-hydrogen) atoms. The predicted octanol–water partition coefficient (Wildman–Crippen LogP) is 4.07. The highest BCUT2D eigenvalue weighted by Gasteiger charge is 2.47. The summed E-state index contributed by atoms with van der Waals surface area (Å²) >= 11 is 0. The summed E-state index contributed by atoms with van der Waals surface area (Å²) < 4.78 is 0. The van der Waals surface area contributed by atoms with Crippen LogP contribution >= 0.6 is 0 Å². The summed E-state index contributed by atoms with van der Waals surface area (Å²) in [5.74, 6) is -0.246. The number of hydrogen-bond acceptors (Lipinski definition) is 4. The Balaban J connectivity index is 1.29. The molecule has 3 aromatic carbocycles. The van der Waals surface area contributed by atoms with E-state index in [2.05, 4.69) is 17.0 Å². The minimum Gasteiger partial charge on any atom is -0.368 e. The van der Waals surface area contributed by atoms with E-state index in [1.54, 1.807) is 6.92 Å². The van der Waals surface area contributed by atoms with Gasteiger partial charge in [-0.1, -0.05) is 42.5 Å². The third kappa shape index (κ3) is 3.68. The van der Waals surface area contributed by atoms with Crippen LogP contribution in [0.3, 0.4) is 0 Å². The molecule has 0 N–H and O–H groups in total. The smallest absolute Gasteiger partial charge is 0.254 e. The summed E-state index contributed by atoms with van der Waals surface area (Å²) in [7, 11) is 0. The van der Waals surface area contributed by atoms with Gasteiger partial charge in [-0.15, -0.1) is 0 Å². The first-order chi connectivity index (χ1) is 17.5. The number of carbonyl (C=O) groups is 3. The summed E-state index contributed by atoms with van der Waals surface area (Å²) in [6, 6.07) is 23.3. The van der Waals surface area contributed by atoms with Crippen molar-refractivity contribution < 1.29 is 14.4 Å². The van der Waals surface area contributed by atoms with E-state index in [9.17, 15) is 14.4 Å². The number of carbonyl (C=O) groups excluding carboxylic acids is 3. The number of nitrogens with zero attached hydrogens (tertiary/aromatic N) is 3. The van der Waals surface area contributed by atoms with Crippen LogP contribution < -0.4 is 4.90 Å². The van der Waals surface area contributed by atoms with Crippen LogP contribution in [0.5, 0.6) is 0 Å². The Morgan fingerprint density at radius 3 is 2.17 bits per heavy atom. The molecule has 0 unspecified atom stereocenters. The topological polar surface area (TPSA) is 60.9 Å². The summed E-state index contributed by atoms with van der Waals surface area (Å²) in [5.41, 5.74) is 5.57. The lowest BCUT2D eigenvalue weighted by atomic mass is 9.75. The SMILES string of the molecule is CC(=O)c1ccc(N2CCN(C(=O)[C@H]3c4ccccc4C(=O)N4CCc5ccccc5[C@@H]34)CC2)cc1. The van der Waals surface area contributed by atoms with Crippen molar-refractivity contribution in [3.8, 4) is 0 Å². The van der Waals surface area contributed by atoms with E-state index in [4.69, 9.17) is 0 Å². The average molecular weight is 480 g/mol. The van der Waals surface area contributed by atoms with Crippen molar-refractivity contribution in [1.29, 1.82) is 0 Å². The number of anilines is 1. The zero-order chi connectivity index (χ0) is 24.8. The third-order valence-corrected chi connectivity index (χ3v) is 7.93. The van der Waals surface area contributed by atoms with Crippen LogP contribution in [0.15, 0.2) is 72.8 Å². The number of piperazine rings is 1. The number of fused-ring (bicyclic) bond motifs is 4. The molecule has 1 saturated heterocycles. The van der Waals surface area contributed by atoms with Gasteiger partial charge in [0.05, 0.1) is 12.0 Å². The highest BCUT2D eigenvalue weighted by molar-refractivity contribution is 6.01. The summed E-state index contributed by atoms with van der Waals surface area (Å²) in [6.45, 7) is 4.89. The largest absolute Gasteiger partial charge is 0.368 e. The summed E-state index contributed by atoms with van der Waals surface area (Å²) in [5, 5.41) is 0. The predicted molar refractivity (Wildman–Crippen MR) is 138 cm³/mol. The molecule has 182 valence electrons. The molecular formula is C30H29N3O3. The van der Waals surface area contributed by atoms with E-state index in [0.29, 0.717) is 30.8 Å². The maximum absolute atomic E-state index is 14.2. The van der Waals surface area contributed by atoms with Gasteiger partial charge in [0, 0.05) is 49.5 Å². The molecule has 3 aliphatic rings. The fraction of sp³-hybridized carbons (Fsp3) is 0.300. The number of rotatable bonds is 3. The van der Waals surface area contributed by atoms with Gasteiger partial charge in [0.15, 0.2) is 5.78 Å². The molecular weight excluding hydrogens is 450 g/mol. The van der Waals surface area contributed by atoms with Crippen LogP contribution in [0.2, 0.25) is 0 Å². The molecule has 6 heteroatoms. The van der Waals surface area contributed by atoms with E-state index in [0.717, 1.165) is 36.3 Å². The fourth-order valence-electron chi connectivity index (χ4n) is 6.03. The normalized spacial score (nSPS) is 20.9. The van der Waals surface area contributed by atoms with Crippen LogP contribution in [0.25, 0.3) is 0 Å². The Morgan fingerprint density at radius 1 is 0.778 bits per heavy atom. The lowest BCUT2D eigenvalue weighted by Gasteiger charge is -2.47. The number of benzene rings is 3. The molecule has 3 aliphatic heterocycles. The van der Waals surface area contributed by atoms with Crippen molar-refractivity contribution in [3.05, 3.63) is 101 Å². The van der Waals surface area contributed by atoms with Crippen molar-refractivity contribution >= 4 is 23.3 Å². The van der Waals surface area contributed by atoms with E-state index in [-0.39, 0.29) is 23.6 Å². The van der Waals surface area contributed by atoms with Gasteiger partial charge < -0.3 is 14.7 Å². The van der Waals surface area contributed by atoms with Gasteiger partial charge in [-0.2, -0.15) is 0 Å². The molecule has 1 fully saturated rings. The van der Waals surface area contributed by atoms with Gasteiger partial charge in [0.1, 0.15) is 0 Å². The Morgan fingerprint density at radius 2 is 1.44 bits per heavy atom. The second-order valence-corrected chi connectivity index (χ2v) is 9.87. The number of ketones is 1. The molecule has 6 rings (SSSR count). The number of amides is 2. The van der Waals surface area contributed by atoms with Gasteiger partial charge >= 0.3 is 0 Å². The first kappa shape index (κ1) is 22.5. The second-order valence-electron chi connectivity index (χ2n) is 9.87. The van der Waals surface area contributed by atoms with Gasteiger partial charge in [0.25, 0.3) is 5.91 Å². The Bertz CT molecular complexity index is 1340. The molecule has 6 nitrogen and oxygen atoms in total. The highest BCUT2D eigenvalue weighted by Crippen LogP contribution is 2.46. The van der Waals surface area contributed by atoms with Crippen molar-refractivity contribution in [1.82, 2.24) is 9.80 Å². The lowest BCUT2D eigenvalue weighted by Crippen LogP contribution is -2.54. The van der Waals surface area contributed by atoms with Crippen LogP contribution in [0.4, 0.5) is 5.69 Å². The average Bonchev–Trinajstić information content (AvgIpc) is 2.93. The molecule has 0 spiro atoms. The second kappa shape index (κ2) is 8.94. The minimum atomic E-state index is -0.415. The molecule has 0 bridgehead atoms. The first-order valence-electron chi connectivity index (χ1n) is 12.7. The molecule has 0 radical (unpaired) electrons. The molecule has 3 aromatic rings. The van der Waals surface area contributed by atoms with Crippen LogP contribution in [-0.2, 0) is 11.2 Å². The molecule has 3 heterocycles. The van der Waals surface area contributed by atoms with Crippen molar-refractivity contribution in [2.75, 3.05) is 37.6 Å². The summed E-state index contributed by atoms with van der Waals surface area (Å²) in [4.78, 5) is 45.4. The van der Waals surface area contributed by atoms with Gasteiger partial charge in [0.2, 0.25) is 5.91 Å². The third-order valence-electron chi connectivity index (χ3n) is 7.93. The first-order valence-corrected chi connectivity index (χ1v) is 12.7. The Hall–Kier alpha value is -3.93. The zero-order valence-corrected chi connectivity index (χ0v) is 20.4. The maximum atomic E-state index is 14.2. The van der Waals surface area contributed by atoms with E-state index in [1.165, 1.54) is 5.56 Å². The van der Waals surface area contributed by atoms with E-state index >= 15 is 0 Å². The molecule has 0 saturated carbocycles. The Kier molecular flexibility index (Phi) is 5.59. The standard InChI is InChI=1S/C30H29N3O3/c1-20(34)21-10-12-23(13-11-21)31-16-18-32(19-17-31)30(36)27-25-8-4-5-9-26(25)29(35)33-15-14-22-6-2-3-7-24(22)28(27)33/h2-13,27-28H,14-19H2,1H3/t27-,28-/m0/s1. The minimum absolute atomic E-state index is 0.0213. The summed E-state index contributed by atoms with van der Waals surface area (Å²) in [6.07, 6.45) is 0.808. The monoisotopic (exact) mass is 479 g/mol. The molecule has 2 amide bonds. The number of hydrogen-bond donors (Lipinski definition) is 0. The van der Waals surface area contributed by atoms with Crippen molar-refractivity contribution in [2.24, 2.45) is 0 Å². The van der Waals surface area contributed by atoms with E-state index < -0.39 is 5.92 Å². The fourth-order valence-corrected chi connectivity index (χ4v) is 6.03. The van der Waals surface area contributed by atoms with E-state index in [1.807, 2.05) is 70.5 Å². The van der Waals surface area contributed by atoms with Gasteiger partial charge in [-0.25, -0.2) is 0 Å². The zero-order valence-electron chi connectivity index (χ0n) is 20.4. The lowest BCUT2D eigenvalue weighted by molar-refractivity contribution is -0.135.